The number of nitrogens with zero attached hydrogens (tertiary/aromatic N) is 3. The van der Waals surface area contributed by atoms with Gasteiger partial charge in [-0.3, -0.25) is 4.79 Å². The van der Waals surface area contributed by atoms with Crippen molar-refractivity contribution >= 4 is 5.91 Å². The third-order valence-corrected chi connectivity index (χ3v) is 5.47. The Balaban J connectivity index is 1.85. The highest BCUT2D eigenvalue weighted by Crippen LogP contribution is 2.20. The molecule has 0 bridgehead atoms. The van der Waals surface area contributed by atoms with E-state index in [0.717, 1.165) is 17.9 Å². The van der Waals surface area contributed by atoms with Crippen LogP contribution < -0.4 is 0 Å². The molecule has 1 heterocycles. The van der Waals surface area contributed by atoms with E-state index in [0.29, 0.717) is 12.1 Å². The van der Waals surface area contributed by atoms with Crippen LogP contribution in [0, 0.1) is 27.7 Å². The number of aryl methyl sites for hydroxylation is 4. The first kappa shape index (κ1) is 20.8. The van der Waals surface area contributed by atoms with E-state index in [1.807, 2.05) is 62.3 Å². The van der Waals surface area contributed by atoms with Gasteiger partial charge in [0.25, 0.3) is 5.91 Å². The molecule has 0 fully saturated rings. The molecule has 3 rings (SSSR count). The lowest BCUT2D eigenvalue weighted by molar-refractivity contribution is 0.0683. The molecule has 2 aromatic carbocycles. The first-order chi connectivity index (χ1) is 13.8. The Morgan fingerprint density at radius 1 is 1.00 bits per heavy atom. The Bertz CT molecular complexity index is 976. The minimum absolute atomic E-state index is 0.0391. The van der Waals surface area contributed by atoms with E-state index >= 15 is 0 Å². The smallest absolute Gasteiger partial charge is 0.254 e. The van der Waals surface area contributed by atoms with Crippen LogP contribution in [0.3, 0.4) is 0 Å². The van der Waals surface area contributed by atoms with Gasteiger partial charge in [-0.2, -0.15) is 0 Å². The molecule has 0 aliphatic carbocycles. The van der Waals surface area contributed by atoms with E-state index < -0.39 is 0 Å². The van der Waals surface area contributed by atoms with E-state index in [-0.39, 0.29) is 11.9 Å². The fourth-order valence-corrected chi connectivity index (χ4v) is 3.77. The van der Waals surface area contributed by atoms with Crippen LogP contribution in [-0.2, 0) is 13.1 Å². The van der Waals surface area contributed by atoms with Crippen molar-refractivity contribution in [3.05, 3.63) is 88.0 Å². The summed E-state index contributed by atoms with van der Waals surface area (Å²) in [6.45, 7) is 13.8. The number of rotatable bonds is 6. The van der Waals surface area contributed by atoms with Crippen LogP contribution in [0.25, 0.3) is 0 Å². The number of amides is 1. The zero-order valence-electron chi connectivity index (χ0n) is 18.4. The molecule has 0 saturated carbocycles. The molecular formula is C25H31N3O. The van der Waals surface area contributed by atoms with Gasteiger partial charge < -0.3 is 9.47 Å². The van der Waals surface area contributed by atoms with Crippen molar-refractivity contribution in [1.82, 2.24) is 14.5 Å². The Morgan fingerprint density at radius 2 is 1.62 bits per heavy atom. The molecule has 29 heavy (non-hydrogen) atoms. The fourth-order valence-electron chi connectivity index (χ4n) is 3.77. The van der Waals surface area contributed by atoms with Gasteiger partial charge in [0.05, 0.1) is 6.54 Å². The number of carbonyl (C=O) groups excluding carboxylic acids is 1. The van der Waals surface area contributed by atoms with Crippen molar-refractivity contribution in [2.45, 2.75) is 60.7 Å². The Morgan fingerprint density at radius 3 is 2.21 bits per heavy atom. The highest BCUT2D eigenvalue weighted by Gasteiger charge is 2.21. The first-order valence-corrected chi connectivity index (χ1v) is 10.2. The van der Waals surface area contributed by atoms with Crippen LogP contribution in [-0.4, -0.2) is 26.4 Å². The first-order valence-electron chi connectivity index (χ1n) is 10.2. The maximum absolute atomic E-state index is 13.1. The molecule has 0 aliphatic rings. The van der Waals surface area contributed by atoms with Gasteiger partial charge in [0.15, 0.2) is 0 Å². The predicted octanol–water partition coefficient (Wildman–Crippen LogP) is 5.22. The van der Waals surface area contributed by atoms with E-state index in [1.54, 1.807) is 0 Å². The number of hydrogen-bond donors (Lipinski definition) is 0. The third-order valence-electron chi connectivity index (χ3n) is 5.47. The molecule has 0 radical (unpaired) electrons. The molecule has 0 spiro atoms. The highest BCUT2D eigenvalue weighted by molar-refractivity contribution is 5.94. The van der Waals surface area contributed by atoms with Gasteiger partial charge in [-0.05, 0) is 70.4 Å². The summed E-state index contributed by atoms with van der Waals surface area (Å²) in [5.41, 5.74) is 7.04. The molecule has 1 amide bonds. The van der Waals surface area contributed by atoms with Crippen molar-refractivity contribution in [2.75, 3.05) is 0 Å². The van der Waals surface area contributed by atoms with Gasteiger partial charge in [0.1, 0.15) is 5.82 Å². The SMILES string of the molecule is Cc1ccc(C(=O)N(Cc2nccn2Cc2c(C)cc(C)cc2C)C(C)C)cc1. The Kier molecular flexibility index (Phi) is 6.21. The normalized spacial score (nSPS) is 11.1. The minimum atomic E-state index is 0.0391. The Hall–Kier alpha value is -2.88. The van der Waals surface area contributed by atoms with Crippen LogP contribution in [0.4, 0.5) is 0 Å². The number of imidazole rings is 1. The molecule has 0 aliphatic heterocycles. The number of aromatic nitrogens is 2. The summed E-state index contributed by atoms with van der Waals surface area (Å²) in [5, 5.41) is 0. The van der Waals surface area contributed by atoms with Crippen LogP contribution in [0.2, 0.25) is 0 Å². The molecule has 4 heteroatoms. The number of carbonyl (C=O) groups is 1. The lowest BCUT2D eigenvalue weighted by Gasteiger charge is -2.27. The highest BCUT2D eigenvalue weighted by atomic mass is 16.2. The number of hydrogen-bond acceptors (Lipinski definition) is 2. The van der Waals surface area contributed by atoms with Gasteiger partial charge >= 0.3 is 0 Å². The van der Waals surface area contributed by atoms with Crippen molar-refractivity contribution in [3.63, 3.8) is 0 Å². The molecule has 4 nitrogen and oxygen atoms in total. The predicted molar refractivity (Wildman–Crippen MR) is 118 cm³/mol. The van der Waals surface area contributed by atoms with Crippen LogP contribution >= 0.6 is 0 Å². The second-order valence-electron chi connectivity index (χ2n) is 8.24. The number of benzene rings is 2. The Labute approximate surface area is 174 Å². The van der Waals surface area contributed by atoms with E-state index in [4.69, 9.17) is 0 Å². The molecule has 0 N–H and O–H groups in total. The van der Waals surface area contributed by atoms with Crippen molar-refractivity contribution in [3.8, 4) is 0 Å². The molecule has 3 aromatic rings. The molecule has 1 aromatic heterocycles. The van der Waals surface area contributed by atoms with Gasteiger partial charge in [0, 0.05) is 30.5 Å². The lowest BCUT2D eigenvalue weighted by atomic mass is 10.00. The van der Waals surface area contributed by atoms with Gasteiger partial charge in [-0.25, -0.2) is 4.98 Å². The molecular weight excluding hydrogens is 358 g/mol. The standard InChI is InChI=1S/C25H31N3O/c1-17(2)28(25(29)22-9-7-18(3)8-10-22)16-24-26-11-12-27(24)15-23-20(5)13-19(4)14-21(23)6/h7-14,17H,15-16H2,1-6H3. The lowest BCUT2D eigenvalue weighted by Crippen LogP contribution is -2.37. The summed E-state index contributed by atoms with van der Waals surface area (Å²) < 4.78 is 2.16. The third kappa shape index (κ3) is 4.76. The maximum atomic E-state index is 13.1. The summed E-state index contributed by atoms with van der Waals surface area (Å²) in [7, 11) is 0. The summed E-state index contributed by atoms with van der Waals surface area (Å²) >= 11 is 0. The van der Waals surface area contributed by atoms with Crippen molar-refractivity contribution in [1.29, 1.82) is 0 Å². The molecule has 0 unspecified atom stereocenters. The topological polar surface area (TPSA) is 38.1 Å². The van der Waals surface area contributed by atoms with E-state index in [2.05, 4.69) is 42.5 Å². The minimum Gasteiger partial charge on any atom is -0.329 e. The van der Waals surface area contributed by atoms with Crippen LogP contribution in [0.1, 0.15) is 57.8 Å². The average Bonchev–Trinajstić information content (AvgIpc) is 3.09. The van der Waals surface area contributed by atoms with Gasteiger partial charge in [-0.1, -0.05) is 35.4 Å². The van der Waals surface area contributed by atoms with E-state index in [1.165, 1.54) is 22.3 Å². The average molecular weight is 390 g/mol. The van der Waals surface area contributed by atoms with Gasteiger partial charge in [-0.15, -0.1) is 0 Å². The summed E-state index contributed by atoms with van der Waals surface area (Å²) in [6.07, 6.45) is 3.83. The summed E-state index contributed by atoms with van der Waals surface area (Å²) in [4.78, 5) is 19.6. The van der Waals surface area contributed by atoms with Crippen molar-refractivity contribution < 1.29 is 4.79 Å². The zero-order chi connectivity index (χ0) is 21.1. The maximum Gasteiger partial charge on any atom is 0.254 e. The van der Waals surface area contributed by atoms with Crippen LogP contribution in [0.5, 0.6) is 0 Å². The largest absolute Gasteiger partial charge is 0.329 e. The summed E-state index contributed by atoms with van der Waals surface area (Å²) in [5.74, 6) is 0.941. The monoisotopic (exact) mass is 389 g/mol. The van der Waals surface area contributed by atoms with Crippen LogP contribution in [0.15, 0.2) is 48.8 Å². The molecule has 152 valence electrons. The fraction of sp³-hybridized carbons (Fsp3) is 0.360. The second kappa shape index (κ2) is 8.64. The zero-order valence-corrected chi connectivity index (χ0v) is 18.4. The summed E-state index contributed by atoms with van der Waals surface area (Å²) in [6, 6.07) is 12.3. The molecule has 0 atom stereocenters. The van der Waals surface area contributed by atoms with Gasteiger partial charge in [0.2, 0.25) is 0 Å². The molecule has 0 saturated heterocycles. The van der Waals surface area contributed by atoms with Crippen molar-refractivity contribution in [2.24, 2.45) is 0 Å². The quantitative estimate of drug-likeness (QED) is 0.580. The van der Waals surface area contributed by atoms with E-state index in [9.17, 15) is 4.79 Å². The second-order valence-corrected chi connectivity index (χ2v) is 8.24.